The fourth-order valence-corrected chi connectivity index (χ4v) is 4.53. The molecule has 0 saturated carbocycles. The highest BCUT2D eigenvalue weighted by molar-refractivity contribution is 5.83. The highest BCUT2D eigenvalue weighted by Gasteiger charge is 2.33. The molecule has 2 aliphatic rings. The number of carbonyl (C=O) groups excluding carboxylic acids is 2. The molecule has 9 heteroatoms. The van der Waals surface area contributed by atoms with Gasteiger partial charge in [-0.2, -0.15) is 0 Å². The Labute approximate surface area is 208 Å². The summed E-state index contributed by atoms with van der Waals surface area (Å²) in [6.45, 7) is 3.71. The van der Waals surface area contributed by atoms with E-state index in [1.165, 1.54) is 6.07 Å². The Hall–Kier alpha value is -4.01. The van der Waals surface area contributed by atoms with E-state index in [4.69, 9.17) is 18.6 Å². The van der Waals surface area contributed by atoms with Gasteiger partial charge in [0.2, 0.25) is 6.10 Å². The van der Waals surface area contributed by atoms with E-state index >= 15 is 0 Å². The molecule has 188 valence electrons. The number of benzene rings is 2. The fraction of sp³-hybridized carbons (Fsp3) is 0.370. The lowest BCUT2D eigenvalue weighted by Crippen LogP contribution is -2.55. The molecule has 36 heavy (non-hydrogen) atoms. The van der Waals surface area contributed by atoms with Crippen molar-refractivity contribution in [3.05, 3.63) is 64.5 Å². The van der Waals surface area contributed by atoms with Gasteiger partial charge in [0, 0.05) is 43.7 Å². The van der Waals surface area contributed by atoms with Crippen molar-refractivity contribution in [2.24, 2.45) is 0 Å². The third kappa shape index (κ3) is 5.00. The molecular weight excluding hydrogens is 464 g/mol. The van der Waals surface area contributed by atoms with Crippen molar-refractivity contribution in [1.82, 2.24) is 9.80 Å². The number of hydrogen-bond donors (Lipinski definition) is 0. The van der Waals surface area contributed by atoms with Crippen LogP contribution in [0.4, 0.5) is 0 Å². The first kappa shape index (κ1) is 23.7. The second-order valence-corrected chi connectivity index (χ2v) is 8.86. The monoisotopic (exact) mass is 492 g/mol. The Balaban J connectivity index is 1.14. The minimum absolute atomic E-state index is 0.144. The zero-order valence-corrected chi connectivity index (χ0v) is 20.1. The van der Waals surface area contributed by atoms with Crippen molar-refractivity contribution >= 4 is 22.8 Å². The summed E-state index contributed by atoms with van der Waals surface area (Å²) in [6, 6.07) is 14.1. The Morgan fingerprint density at radius 2 is 1.75 bits per heavy atom. The van der Waals surface area contributed by atoms with Crippen LogP contribution < -0.4 is 19.8 Å². The van der Waals surface area contributed by atoms with Crippen LogP contribution in [-0.2, 0) is 16.0 Å². The van der Waals surface area contributed by atoms with E-state index < -0.39 is 11.7 Å². The zero-order valence-electron chi connectivity index (χ0n) is 20.1. The topological polar surface area (TPSA) is 98.5 Å². The van der Waals surface area contributed by atoms with E-state index in [-0.39, 0.29) is 25.0 Å². The van der Waals surface area contributed by atoms with Gasteiger partial charge >= 0.3 is 5.63 Å². The maximum atomic E-state index is 12.9. The van der Waals surface area contributed by atoms with Gasteiger partial charge in [-0.15, -0.1) is 0 Å². The lowest BCUT2D eigenvalue weighted by Gasteiger charge is -2.37. The number of carbonyl (C=O) groups is 2. The average Bonchev–Trinajstić information content (AvgIpc) is 2.91. The van der Waals surface area contributed by atoms with Crippen molar-refractivity contribution in [3.8, 4) is 17.2 Å². The lowest BCUT2D eigenvalue weighted by atomic mass is 10.1. The zero-order chi connectivity index (χ0) is 25.1. The maximum Gasteiger partial charge on any atom is 0.336 e. The predicted octanol–water partition coefficient (Wildman–Crippen LogP) is 2.64. The number of aryl methyl sites for hydroxylation is 1. The van der Waals surface area contributed by atoms with Gasteiger partial charge in [-0.3, -0.25) is 9.59 Å². The molecule has 0 aliphatic carbocycles. The Morgan fingerprint density at radius 3 is 2.53 bits per heavy atom. The second-order valence-electron chi connectivity index (χ2n) is 8.86. The fourth-order valence-electron chi connectivity index (χ4n) is 4.53. The first-order valence-corrected chi connectivity index (χ1v) is 12.2. The first-order valence-electron chi connectivity index (χ1n) is 12.2. The molecule has 0 spiro atoms. The molecule has 3 aromatic rings. The summed E-state index contributed by atoms with van der Waals surface area (Å²) in [5, 5.41) is 0.867. The molecule has 2 amide bonds. The average molecular weight is 493 g/mol. The van der Waals surface area contributed by atoms with E-state index in [2.05, 4.69) is 6.92 Å². The summed E-state index contributed by atoms with van der Waals surface area (Å²) in [6.07, 6.45) is 0.999. The number of hydrogen-bond acceptors (Lipinski definition) is 7. The van der Waals surface area contributed by atoms with Crippen LogP contribution in [0.3, 0.4) is 0 Å². The smallest absolute Gasteiger partial charge is 0.336 e. The van der Waals surface area contributed by atoms with Crippen LogP contribution >= 0.6 is 0 Å². The minimum Gasteiger partial charge on any atom is -0.485 e. The third-order valence-electron chi connectivity index (χ3n) is 6.41. The highest BCUT2D eigenvalue weighted by atomic mass is 16.6. The maximum absolute atomic E-state index is 12.9. The van der Waals surface area contributed by atoms with Crippen molar-refractivity contribution in [1.29, 1.82) is 0 Å². The van der Waals surface area contributed by atoms with Crippen LogP contribution in [-0.4, -0.2) is 67.1 Å². The second kappa shape index (κ2) is 10.3. The highest BCUT2D eigenvalue weighted by Crippen LogP contribution is 2.31. The number of nitrogens with zero attached hydrogens (tertiary/aromatic N) is 2. The van der Waals surface area contributed by atoms with Crippen LogP contribution in [0.25, 0.3) is 11.0 Å². The first-order chi connectivity index (χ1) is 17.5. The van der Waals surface area contributed by atoms with Crippen LogP contribution in [0.1, 0.15) is 18.9 Å². The number of rotatable bonds is 6. The molecule has 0 unspecified atom stereocenters. The summed E-state index contributed by atoms with van der Waals surface area (Å²) >= 11 is 0. The molecule has 0 radical (unpaired) electrons. The molecule has 5 rings (SSSR count). The van der Waals surface area contributed by atoms with Gasteiger partial charge in [-0.05, 0) is 36.2 Å². The summed E-state index contributed by atoms with van der Waals surface area (Å²) in [5.41, 5.74) is 0.980. The van der Waals surface area contributed by atoms with Crippen molar-refractivity contribution < 1.29 is 28.2 Å². The largest absolute Gasteiger partial charge is 0.485 e. The summed E-state index contributed by atoms with van der Waals surface area (Å²) < 4.78 is 22.5. The van der Waals surface area contributed by atoms with Crippen LogP contribution in [0, 0.1) is 0 Å². The van der Waals surface area contributed by atoms with Crippen LogP contribution in [0.2, 0.25) is 0 Å². The molecule has 0 N–H and O–H groups in total. The van der Waals surface area contributed by atoms with Gasteiger partial charge in [0.1, 0.15) is 17.9 Å². The van der Waals surface area contributed by atoms with Crippen LogP contribution in [0.5, 0.6) is 17.2 Å². The molecule has 2 aliphatic heterocycles. The number of fused-ring (bicyclic) bond motifs is 2. The van der Waals surface area contributed by atoms with Gasteiger partial charge in [-0.25, -0.2) is 4.79 Å². The Bertz CT molecular complexity index is 1330. The summed E-state index contributed by atoms with van der Waals surface area (Å²) in [4.78, 5) is 40.9. The molecule has 3 heterocycles. The SMILES string of the molecule is CCCc1cc(=O)oc2cc(OCC(=O)N3CCN(C(=O)[C@@H]4COc5ccccc5O4)CC3)ccc12. The van der Waals surface area contributed by atoms with Gasteiger partial charge in [-0.1, -0.05) is 25.5 Å². The molecule has 2 aromatic carbocycles. The molecule has 9 nitrogen and oxygen atoms in total. The van der Waals surface area contributed by atoms with Crippen LogP contribution in [0.15, 0.2) is 57.7 Å². The Morgan fingerprint density at radius 1 is 1.00 bits per heavy atom. The van der Waals surface area contributed by atoms with Gasteiger partial charge in [0.25, 0.3) is 11.8 Å². The third-order valence-corrected chi connectivity index (χ3v) is 6.41. The van der Waals surface area contributed by atoms with E-state index in [9.17, 15) is 14.4 Å². The van der Waals surface area contributed by atoms with E-state index in [0.717, 1.165) is 23.8 Å². The molecule has 1 atom stereocenters. The van der Waals surface area contributed by atoms with Crippen molar-refractivity contribution in [2.75, 3.05) is 39.4 Å². The normalized spacial score (nSPS) is 17.2. The van der Waals surface area contributed by atoms with E-state index in [1.54, 1.807) is 34.1 Å². The molecular formula is C27H28N2O7. The van der Waals surface area contributed by atoms with Gasteiger partial charge < -0.3 is 28.4 Å². The molecule has 1 aromatic heterocycles. The quantitative estimate of drug-likeness (QED) is 0.488. The molecule has 1 saturated heterocycles. The molecule has 0 bridgehead atoms. The minimum atomic E-state index is -0.698. The number of amides is 2. The number of para-hydroxylation sites is 2. The van der Waals surface area contributed by atoms with E-state index in [0.29, 0.717) is 49.0 Å². The van der Waals surface area contributed by atoms with Gasteiger partial charge in [0.05, 0.1) is 0 Å². The van der Waals surface area contributed by atoms with Crippen molar-refractivity contribution in [2.45, 2.75) is 25.9 Å². The van der Waals surface area contributed by atoms with E-state index in [1.807, 2.05) is 18.2 Å². The predicted molar refractivity (Wildman–Crippen MR) is 131 cm³/mol. The number of ether oxygens (including phenoxy) is 3. The standard InChI is InChI=1S/C27H28N2O7/c1-2-5-18-14-26(31)36-23-15-19(8-9-20(18)23)33-17-25(30)28-10-12-29(13-11-28)27(32)24-16-34-21-6-3-4-7-22(21)35-24/h3-4,6-9,14-15,24H,2,5,10-13,16-17H2,1H3/t24-/m0/s1. The van der Waals surface area contributed by atoms with Gasteiger partial charge in [0.15, 0.2) is 18.1 Å². The Kier molecular flexibility index (Phi) is 6.79. The summed E-state index contributed by atoms with van der Waals surface area (Å²) in [5.74, 6) is 1.33. The summed E-state index contributed by atoms with van der Waals surface area (Å²) in [7, 11) is 0. The molecule has 1 fully saturated rings. The lowest BCUT2D eigenvalue weighted by molar-refractivity contribution is -0.146. The van der Waals surface area contributed by atoms with Crippen molar-refractivity contribution in [3.63, 3.8) is 0 Å². The number of piperazine rings is 1.